The molecule has 0 aliphatic rings. The van der Waals surface area contributed by atoms with Crippen LogP contribution in [0.4, 0.5) is 0 Å². The van der Waals surface area contributed by atoms with Crippen LogP contribution in [0.2, 0.25) is 0 Å². The summed E-state index contributed by atoms with van der Waals surface area (Å²) in [5, 5.41) is 8.51. The summed E-state index contributed by atoms with van der Waals surface area (Å²) < 4.78 is 5.46. The van der Waals surface area contributed by atoms with Crippen LogP contribution < -0.4 is 0 Å². The molecular weight excluding hydrogens is 809 g/mol. The van der Waals surface area contributed by atoms with Crippen molar-refractivity contribution < 1.29 is 19.4 Å². The van der Waals surface area contributed by atoms with Crippen molar-refractivity contribution in [2.45, 2.75) is 355 Å². The Morgan fingerprint density at radius 1 is 0.288 bits per heavy atom. The van der Waals surface area contributed by atoms with E-state index in [2.05, 4.69) is 45.1 Å². The number of carbonyl (C=O) groups is 2. The standard InChI is InChI=1S/C44H86O2.C18H34O2/c1-3-5-7-9-11-13-15-17-19-20-21-22-23-24-25-26-27-29-31-33-35-37-39-41-43-46-44(45)42-40-38-36-34-32-30-28-18-16-14-12-10-8-6-4-2;1-2-3-4-5-6-7-8-9-10-11-12-13-14-15-16-17-18(19)20/h18,28H,3-17,19-27,29-43H2,1-2H3;9-10H,2-8,11-17H2,1H3,(H,19,20)/b28-18-;10-9-. The highest BCUT2D eigenvalue weighted by Gasteiger charge is 2.03. The number of carbonyl (C=O) groups excluding carboxylic acids is 1. The average molecular weight is 930 g/mol. The summed E-state index contributed by atoms with van der Waals surface area (Å²) in [7, 11) is 0. The maximum Gasteiger partial charge on any atom is 0.305 e. The van der Waals surface area contributed by atoms with Gasteiger partial charge in [-0.05, 0) is 70.6 Å². The van der Waals surface area contributed by atoms with Crippen molar-refractivity contribution in [1.29, 1.82) is 0 Å². The highest BCUT2D eigenvalue weighted by atomic mass is 16.5. The van der Waals surface area contributed by atoms with Gasteiger partial charge in [0, 0.05) is 12.8 Å². The molecule has 66 heavy (non-hydrogen) atoms. The first kappa shape index (κ1) is 66.5. The molecule has 0 spiro atoms. The minimum atomic E-state index is -0.664. The van der Waals surface area contributed by atoms with E-state index in [1.54, 1.807) is 0 Å². The minimum Gasteiger partial charge on any atom is -0.481 e. The number of allylic oxidation sites excluding steroid dienone is 4. The predicted molar refractivity (Wildman–Crippen MR) is 294 cm³/mol. The molecular formula is C62H120O4. The summed E-state index contributed by atoms with van der Waals surface area (Å²) in [5.41, 5.74) is 0. The van der Waals surface area contributed by atoms with E-state index >= 15 is 0 Å². The van der Waals surface area contributed by atoms with Gasteiger partial charge in [-0.1, -0.05) is 295 Å². The van der Waals surface area contributed by atoms with E-state index in [1.807, 2.05) is 0 Å². The molecule has 0 aromatic heterocycles. The van der Waals surface area contributed by atoms with E-state index in [-0.39, 0.29) is 5.97 Å². The fourth-order valence-electron chi connectivity index (χ4n) is 9.01. The maximum atomic E-state index is 12.0. The maximum absolute atomic E-state index is 12.0. The highest BCUT2D eigenvalue weighted by molar-refractivity contribution is 5.69. The second-order valence-corrected chi connectivity index (χ2v) is 20.4. The molecule has 0 saturated carbocycles. The molecule has 0 saturated heterocycles. The molecule has 0 aliphatic heterocycles. The van der Waals surface area contributed by atoms with Crippen molar-refractivity contribution in [2.75, 3.05) is 6.61 Å². The predicted octanol–water partition coefficient (Wildman–Crippen LogP) is 22.1. The first-order valence-electron chi connectivity index (χ1n) is 30.3. The third-order valence-corrected chi connectivity index (χ3v) is 13.6. The number of hydrogen-bond acceptors (Lipinski definition) is 3. The topological polar surface area (TPSA) is 63.6 Å². The molecule has 4 nitrogen and oxygen atoms in total. The Morgan fingerprint density at radius 3 is 0.758 bits per heavy atom. The number of hydrogen-bond donors (Lipinski definition) is 1. The molecule has 0 fully saturated rings. The van der Waals surface area contributed by atoms with Crippen LogP contribution in [0, 0.1) is 0 Å². The molecule has 0 aromatic carbocycles. The highest BCUT2D eigenvalue weighted by Crippen LogP contribution is 2.17. The Kier molecular flexibility index (Phi) is 63.9. The van der Waals surface area contributed by atoms with E-state index in [1.165, 1.54) is 289 Å². The van der Waals surface area contributed by atoms with E-state index in [0.717, 1.165) is 32.1 Å². The largest absolute Gasteiger partial charge is 0.481 e. The molecule has 0 rings (SSSR count). The van der Waals surface area contributed by atoms with Crippen molar-refractivity contribution in [3.8, 4) is 0 Å². The van der Waals surface area contributed by atoms with E-state index in [4.69, 9.17) is 9.84 Å². The fraction of sp³-hybridized carbons (Fsp3) is 0.903. The lowest BCUT2D eigenvalue weighted by atomic mass is 10.0. The third kappa shape index (κ3) is 66.7. The van der Waals surface area contributed by atoms with Crippen LogP contribution in [0.5, 0.6) is 0 Å². The van der Waals surface area contributed by atoms with Crippen LogP contribution in [0.1, 0.15) is 355 Å². The van der Waals surface area contributed by atoms with E-state index in [9.17, 15) is 9.59 Å². The van der Waals surface area contributed by atoms with Crippen molar-refractivity contribution in [1.82, 2.24) is 0 Å². The molecule has 0 radical (unpaired) electrons. The first-order valence-corrected chi connectivity index (χ1v) is 30.3. The van der Waals surface area contributed by atoms with Crippen molar-refractivity contribution in [2.24, 2.45) is 0 Å². The number of rotatable bonds is 55. The molecule has 0 amide bonds. The van der Waals surface area contributed by atoms with Gasteiger partial charge in [-0.15, -0.1) is 0 Å². The van der Waals surface area contributed by atoms with Crippen molar-refractivity contribution in [3.05, 3.63) is 24.3 Å². The SMILES string of the molecule is CCCCCCCC/C=C\CCCCCCCC(=O)O.CCCCCCCC/C=C\CCCCCCCC(=O)OCCCCCCCCCCCCCCCCCCCCCCCCCC. The van der Waals surface area contributed by atoms with Gasteiger partial charge in [0.05, 0.1) is 6.61 Å². The molecule has 0 aromatic rings. The fourth-order valence-corrected chi connectivity index (χ4v) is 9.01. The molecule has 0 atom stereocenters. The lowest BCUT2D eigenvalue weighted by Crippen LogP contribution is -2.05. The van der Waals surface area contributed by atoms with Gasteiger partial charge in [-0.25, -0.2) is 0 Å². The lowest BCUT2D eigenvalue weighted by Gasteiger charge is -2.06. The Balaban J connectivity index is 0. The molecule has 392 valence electrons. The van der Waals surface area contributed by atoms with Crippen LogP contribution >= 0.6 is 0 Å². The van der Waals surface area contributed by atoms with Crippen LogP contribution in [-0.4, -0.2) is 23.7 Å². The number of carboxylic acid groups (broad SMARTS) is 1. The zero-order valence-corrected chi connectivity index (χ0v) is 45.5. The summed E-state index contributed by atoms with van der Waals surface area (Å²) in [6.07, 6.45) is 77.2. The number of aliphatic carboxylic acids is 1. The molecule has 1 N–H and O–H groups in total. The summed E-state index contributed by atoms with van der Waals surface area (Å²) in [4.78, 5) is 22.3. The quantitative estimate of drug-likeness (QED) is 0.0375. The zero-order valence-electron chi connectivity index (χ0n) is 45.5. The van der Waals surface area contributed by atoms with Gasteiger partial charge >= 0.3 is 11.9 Å². The van der Waals surface area contributed by atoms with E-state index < -0.39 is 5.97 Å². The Hall–Kier alpha value is -1.58. The van der Waals surface area contributed by atoms with Gasteiger partial charge in [0.2, 0.25) is 0 Å². The summed E-state index contributed by atoms with van der Waals surface area (Å²) >= 11 is 0. The molecule has 0 unspecified atom stereocenters. The van der Waals surface area contributed by atoms with Gasteiger partial charge in [-0.2, -0.15) is 0 Å². The van der Waals surface area contributed by atoms with Crippen LogP contribution in [-0.2, 0) is 14.3 Å². The second-order valence-electron chi connectivity index (χ2n) is 20.4. The normalized spacial score (nSPS) is 11.5. The van der Waals surface area contributed by atoms with Crippen molar-refractivity contribution >= 4 is 11.9 Å². The van der Waals surface area contributed by atoms with Crippen LogP contribution in [0.15, 0.2) is 24.3 Å². The Labute approximate surface area is 415 Å². The van der Waals surface area contributed by atoms with Gasteiger partial charge in [0.1, 0.15) is 0 Å². The zero-order chi connectivity index (χ0) is 48.2. The third-order valence-electron chi connectivity index (χ3n) is 13.6. The Bertz CT molecular complexity index is 955. The summed E-state index contributed by atoms with van der Waals surface area (Å²) in [5.74, 6) is -0.644. The minimum absolute atomic E-state index is 0.0201. The molecule has 0 bridgehead atoms. The Morgan fingerprint density at radius 2 is 0.500 bits per heavy atom. The van der Waals surface area contributed by atoms with Gasteiger partial charge in [-0.3, -0.25) is 9.59 Å². The molecule has 4 heteroatoms. The van der Waals surface area contributed by atoms with E-state index in [0.29, 0.717) is 19.4 Å². The van der Waals surface area contributed by atoms with Crippen molar-refractivity contribution in [3.63, 3.8) is 0 Å². The lowest BCUT2D eigenvalue weighted by molar-refractivity contribution is -0.144. The molecule has 0 heterocycles. The average Bonchev–Trinajstić information content (AvgIpc) is 3.31. The van der Waals surface area contributed by atoms with Crippen LogP contribution in [0.25, 0.3) is 0 Å². The van der Waals surface area contributed by atoms with Crippen LogP contribution in [0.3, 0.4) is 0 Å². The monoisotopic (exact) mass is 929 g/mol. The van der Waals surface area contributed by atoms with Gasteiger partial charge in [0.15, 0.2) is 0 Å². The summed E-state index contributed by atoms with van der Waals surface area (Å²) in [6, 6.07) is 0. The smallest absolute Gasteiger partial charge is 0.305 e. The van der Waals surface area contributed by atoms with Gasteiger partial charge < -0.3 is 9.84 Å². The summed E-state index contributed by atoms with van der Waals surface area (Å²) in [6.45, 7) is 7.47. The number of ether oxygens (including phenoxy) is 1. The first-order chi connectivity index (χ1) is 32.6. The number of carboxylic acids is 1. The molecule has 0 aliphatic carbocycles. The second kappa shape index (κ2) is 63.4. The number of esters is 1. The van der Waals surface area contributed by atoms with Gasteiger partial charge in [0.25, 0.3) is 0 Å². The number of unbranched alkanes of at least 4 members (excludes halogenated alkanes) is 45.